The maximum Gasteiger partial charge on any atom is 0.262 e. The first-order valence-corrected chi connectivity index (χ1v) is 11.8. The van der Waals surface area contributed by atoms with Crippen LogP contribution in [0.3, 0.4) is 0 Å². The smallest absolute Gasteiger partial charge is 0.262 e. The summed E-state index contributed by atoms with van der Waals surface area (Å²) in [4.78, 5) is 30.7. The van der Waals surface area contributed by atoms with Crippen molar-refractivity contribution in [3.63, 3.8) is 0 Å². The van der Waals surface area contributed by atoms with Crippen LogP contribution in [0.5, 0.6) is 11.5 Å². The van der Waals surface area contributed by atoms with Crippen molar-refractivity contribution in [2.24, 2.45) is 0 Å². The molecule has 1 N–H and O–H groups in total. The summed E-state index contributed by atoms with van der Waals surface area (Å²) in [6.45, 7) is 3.68. The van der Waals surface area contributed by atoms with E-state index >= 15 is 0 Å². The molecule has 0 saturated carbocycles. The van der Waals surface area contributed by atoms with E-state index in [0.29, 0.717) is 71.1 Å². The van der Waals surface area contributed by atoms with E-state index in [1.165, 1.54) is 11.8 Å². The molecule has 0 spiro atoms. The van der Waals surface area contributed by atoms with Crippen molar-refractivity contribution in [1.82, 2.24) is 9.55 Å². The molecule has 10 heteroatoms. The molecule has 4 rings (SSSR count). The topological polar surface area (TPSA) is 91.7 Å². The maximum absolute atomic E-state index is 13.1. The summed E-state index contributed by atoms with van der Waals surface area (Å²) >= 11 is 7.33. The fraction of sp³-hybridized carbons (Fsp3) is 0.348. The van der Waals surface area contributed by atoms with Gasteiger partial charge in [0.2, 0.25) is 5.91 Å². The molecule has 8 nitrogen and oxygen atoms in total. The van der Waals surface area contributed by atoms with E-state index in [9.17, 15) is 9.59 Å². The molecule has 1 atom stereocenters. The first-order valence-electron chi connectivity index (χ1n) is 10.5. The molecule has 0 saturated heterocycles. The zero-order chi connectivity index (χ0) is 23.4. The Morgan fingerprint density at radius 1 is 1.24 bits per heavy atom. The number of hydrogen-bond donors (Lipinski definition) is 1. The van der Waals surface area contributed by atoms with E-state index in [1.54, 1.807) is 55.0 Å². The van der Waals surface area contributed by atoms with Crippen molar-refractivity contribution in [3.05, 3.63) is 51.8 Å². The number of methoxy groups -OCH3 is 1. The lowest BCUT2D eigenvalue weighted by atomic mass is 10.2. The number of nitrogens with zero attached hydrogens (tertiary/aromatic N) is 2. The Balaban J connectivity index is 1.56. The molecule has 1 unspecified atom stereocenters. The van der Waals surface area contributed by atoms with Crippen molar-refractivity contribution in [2.45, 2.75) is 30.3 Å². The predicted molar refractivity (Wildman–Crippen MR) is 129 cm³/mol. The van der Waals surface area contributed by atoms with Crippen LogP contribution in [0.15, 0.2) is 46.3 Å². The number of carbonyl (C=O) groups excluding carboxylic acids is 1. The Morgan fingerprint density at radius 3 is 2.82 bits per heavy atom. The van der Waals surface area contributed by atoms with Crippen molar-refractivity contribution < 1.29 is 19.0 Å². The quantitative estimate of drug-likeness (QED) is 0.291. The Morgan fingerprint density at radius 2 is 2.03 bits per heavy atom. The molecule has 174 valence electrons. The predicted octanol–water partition coefficient (Wildman–Crippen LogP) is 3.98. The molecule has 0 radical (unpaired) electrons. The van der Waals surface area contributed by atoms with Crippen molar-refractivity contribution >= 4 is 45.9 Å². The molecule has 3 aromatic rings. The van der Waals surface area contributed by atoms with Gasteiger partial charge in [0.05, 0.1) is 16.2 Å². The second-order valence-corrected chi connectivity index (χ2v) is 9.21. The maximum atomic E-state index is 13.1. The van der Waals surface area contributed by atoms with E-state index in [1.807, 2.05) is 0 Å². The van der Waals surface area contributed by atoms with Gasteiger partial charge in [-0.15, -0.1) is 0 Å². The van der Waals surface area contributed by atoms with Gasteiger partial charge in [-0.25, -0.2) is 4.98 Å². The number of benzene rings is 2. The van der Waals surface area contributed by atoms with Gasteiger partial charge in [0.15, 0.2) is 16.7 Å². The van der Waals surface area contributed by atoms with E-state index in [0.717, 1.165) is 0 Å². The standard InChI is InChI=1S/C23H24ClN3O5S/c1-14(21(28)25-16-5-7-19-20(13-16)32-11-10-31-19)33-23-26-18-12-15(24)4-6-17(18)22(29)27(23)8-3-9-30-2/h4-7,12-14H,3,8-11H2,1-2H3,(H,25,28). The molecule has 0 bridgehead atoms. The summed E-state index contributed by atoms with van der Waals surface area (Å²) in [5.41, 5.74) is 0.930. The van der Waals surface area contributed by atoms with Crippen LogP contribution >= 0.6 is 23.4 Å². The first-order chi connectivity index (χ1) is 16.0. The van der Waals surface area contributed by atoms with Crippen LogP contribution in [-0.4, -0.2) is 47.6 Å². The zero-order valence-electron chi connectivity index (χ0n) is 18.3. The van der Waals surface area contributed by atoms with Gasteiger partial charge in [-0.1, -0.05) is 23.4 Å². The average molecular weight is 490 g/mol. The number of ether oxygens (including phenoxy) is 3. The highest BCUT2D eigenvalue weighted by Gasteiger charge is 2.21. The molecule has 1 aromatic heterocycles. The molecule has 0 aliphatic carbocycles. The summed E-state index contributed by atoms with van der Waals surface area (Å²) in [6.07, 6.45) is 0.641. The summed E-state index contributed by atoms with van der Waals surface area (Å²) in [7, 11) is 1.61. The molecular weight excluding hydrogens is 466 g/mol. The molecule has 33 heavy (non-hydrogen) atoms. The van der Waals surface area contributed by atoms with Gasteiger partial charge in [-0.05, 0) is 43.7 Å². The molecule has 1 amide bonds. The average Bonchev–Trinajstić information content (AvgIpc) is 2.80. The number of fused-ring (bicyclic) bond motifs is 2. The third-order valence-electron chi connectivity index (χ3n) is 5.07. The lowest BCUT2D eigenvalue weighted by Crippen LogP contribution is -2.27. The van der Waals surface area contributed by atoms with E-state index < -0.39 is 5.25 Å². The van der Waals surface area contributed by atoms with Gasteiger partial charge >= 0.3 is 0 Å². The van der Waals surface area contributed by atoms with E-state index in [4.69, 9.17) is 25.8 Å². The Bertz CT molecular complexity index is 1230. The molecule has 1 aliphatic heterocycles. The number of rotatable bonds is 8. The second kappa shape index (κ2) is 10.5. The monoisotopic (exact) mass is 489 g/mol. The van der Waals surface area contributed by atoms with Crippen molar-refractivity contribution in [2.75, 3.05) is 32.2 Å². The third kappa shape index (κ3) is 5.43. The van der Waals surface area contributed by atoms with Crippen LogP contribution < -0.4 is 20.3 Å². The number of carbonyl (C=O) groups is 1. The number of hydrogen-bond acceptors (Lipinski definition) is 7. The molecule has 0 fully saturated rings. The minimum atomic E-state index is -0.518. The van der Waals surface area contributed by atoms with Crippen LogP contribution in [0, 0.1) is 0 Å². The van der Waals surface area contributed by atoms with Crippen molar-refractivity contribution in [1.29, 1.82) is 0 Å². The number of halogens is 1. The van der Waals surface area contributed by atoms with Crippen LogP contribution in [0.4, 0.5) is 5.69 Å². The minimum absolute atomic E-state index is 0.172. The highest BCUT2D eigenvalue weighted by molar-refractivity contribution is 8.00. The van der Waals surface area contributed by atoms with Gasteiger partial charge in [0.25, 0.3) is 5.56 Å². The van der Waals surface area contributed by atoms with Crippen LogP contribution in [0.2, 0.25) is 5.02 Å². The van der Waals surface area contributed by atoms with Crippen LogP contribution in [-0.2, 0) is 16.1 Å². The molecule has 2 heterocycles. The summed E-state index contributed by atoms with van der Waals surface area (Å²) < 4.78 is 17.8. The van der Waals surface area contributed by atoms with Gasteiger partial charge < -0.3 is 19.5 Å². The Labute approximate surface area is 200 Å². The summed E-state index contributed by atoms with van der Waals surface area (Å²) in [6, 6.07) is 10.3. The van der Waals surface area contributed by atoms with Crippen LogP contribution in [0.1, 0.15) is 13.3 Å². The number of amides is 1. The number of anilines is 1. The fourth-order valence-electron chi connectivity index (χ4n) is 3.40. The third-order valence-corrected chi connectivity index (χ3v) is 6.40. The van der Waals surface area contributed by atoms with Gasteiger partial charge in [-0.3, -0.25) is 14.2 Å². The molecular formula is C23H24ClN3O5S. The largest absolute Gasteiger partial charge is 0.486 e. The van der Waals surface area contributed by atoms with Gasteiger partial charge in [-0.2, -0.15) is 0 Å². The zero-order valence-corrected chi connectivity index (χ0v) is 19.9. The summed E-state index contributed by atoms with van der Waals surface area (Å²) in [5.74, 6) is 1.03. The van der Waals surface area contributed by atoms with Gasteiger partial charge in [0.1, 0.15) is 13.2 Å². The second-order valence-electron chi connectivity index (χ2n) is 7.47. The number of nitrogens with one attached hydrogen (secondary N) is 1. The normalized spacial score (nSPS) is 13.7. The van der Waals surface area contributed by atoms with E-state index in [2.05, 4.69) is 10.3 Å². The Hall–Kier alpha value is -2.75. The first kappa shape index (κ1) is 23.4. The highest BCUT2D eigenvalue weighted by Crippen LogP contribution is 2.33. The van der Waals surface area contributed by atoms with Crippen molar-refractivity contribution in [3.8, 4) is 11.5 Å². The lowest BCUT2D eigenvalue weighted by Gasteiger charge is -2.20. The highest BCUT2D eigenvalue weighted by atomic mass is 35.5. The fourth-order valence-corrected chi connectivity index (χ4v) is 4.51. The van der Waals surface area contributed by atoms with Gasteiger partial charge in [0, 0.05) is 37.0 Å². The minimum Gasteiger partial charge on any atom is -0.486 e. The lowest BCUT2D eigenvalue weighted by molar-refractivity contribution is -0.115. The SMILES string of the molecule is COCCCn1c(SC(C)C(=O)Nc2ccc3c(c2)OCCO3)nc2cc(Cl)ccc2c1=O. The molecule has 2 aromatic carbocycles. The summed E-state index contributed by atoms with van der Waals surface area (Å²) in [5, 5.41) is 3.80. The number of thioether (sulfide) groups is 1. The van der Waals surface area contributed by atoms with E-state index in [-0.39, 0.29) is 11.5 Å². The Kier molecular flexibility index (Phi) is 7.42. The number of aromatic nitrogens is 2. The van der Waals surface area contributed by atoms with Crippen LogP contribution in [0.25, 0.3) is 10.9 Å². The molecule has 1 aliphatic rings.